The molecule has 0 saturated carbocycles. The van der Waals surface area contributed by atoms with Crippen LogP contribution in [0.3, 0.4) is 0 Å². The zero-order valence-corrected chi connectivity index (χ0v) is 19.3. The van der Waals surface area contributed by atoms with E-state index in [9.17, 15) is 14.4 Å². The van der Waals surface area contributed by atoms with Gasteiger partial charge in [0.25, 0.3) is 5.91 Å². The van der Waals surface area contributed by atoms with Crippen LogP contribution in [0.25, 0.3) is 0 Å². The molecular weight excluding hydrogens is 422 g/mol. The normalized spacial score (nSPS) is 17.2. The maximum absolute atomic E-state index is 12.9. The van der Waals surface area contributed by atoms with Crippen molar-refractivity contribution in [1.82, 2.24) is 15.1 Å². The molecule has 4 rings (SSSR count). The summed E-state index contributed by atoms with van der Waals surface area (Å²) >= 11 is 0. The SMILES string of the molecule is CCn1nc(CCCOC(=O)c2ccc(C(C)=O)cc2)c2c1C(=O)NCC1(CCOCC1)C2. The molecule has 2 aromatic rings. The third-order valence-electron chi connectivity index (χ3n) is 6.70. The molecule has 0 atom stereocenters. The fourth-order valence-electron chi connectivity index (χ4n) is 4.69. The molecule has 8 nitrogen and oxygen atoms in total. The molecule has 1 aromatic carbocycles. The lowest BCUT2D eigenvalue weighted by molar-refractivity contribution is 0.0160. The Balaban J connectivity index is 1.42. The van der Waals surface area contributed by atoms with Crippen LogP contribution in [0.2, 0.25) is 0 Å². The summed E-state index contributed by atoms with van der Waals surface area (Å²) in [5.74, 6) is -0.519. The molecule has 8 heteroatoms. The van der Waals surface area contributed by atoms with Crippen molar-refractivity contribution in [3.05, 3.63) is 52.3 Å². The average Bonchev–Trinajstić information content (AvgIpc) is 3.10. The highest BCUT2D eigenvalue weighted by atomic mass is 16.5. The maximum Gasteiger partial charge on any atom is 0.338 e. The molecule has 0 aliphatic carbocycles. The van der Waals surface area contributed by atoms with E-state index in [1.54, 1.807) is 28.9 Å². The number of aryl methyl sites for hydroxylation is 2. The number of nitrogens with zero attached hydrogens (tertiary/aromatic N) is 2. The third-order valence-corrected chi connectivity index (χ3v) is 6.70. The Morgan fingerprint density at radius 1 is 1.18 bits per heavy atom. The maximum atomic E-state index is 12.9. The fraction of sp³-hybridized carbons (Fsp3) is 0.520. The number of hydrogen-bond donors (Lipinski definition) is 1. The summed E-state index contributed by atoms with van der Waals surface area (Å²) in [7, 11) is 0. The number of carbonyl (C=O) groups excluding carboxylic acids is 3. The zero-order valence-electron chi connectivity index (χ0n) is 19.3. The van der Waals surface area contributed by atoms with Gasteiger partial charge in [-0.15, -0.1) is 0 Å². The highest BCUT2D eigenvalue weighted by Crippen LogP contribution is 2.37. The summed E-state index contributed by atoms with van der Waals surface area (Å²) in [6.07, 6.45) is 3.89. The van der Waals surface area contributed by atoms with Crippen molar-refractivity contribution in [3.8, 4) is 0 Å². The molecular formula is C25H31N3O5. The van der Waals surface area contributed by atoms with E-state index in [-0.39, 0.29) is 23.7 Å². The molecule has 1 spiro atoms. The molecule has 3 heterocycles. The lowest BCUT2D eigenvalue weighted by Crippen LogP contribution is -2.40. The summed E-state index contributed by atoms with van der Waals surface area (Å²) in [5, 5.41) is 7.85. The number of esters is 1. The highest BCUT2D eigenvalue weighted by Gasteiger charge is 2.39. The molecule has 1 amide bonds. The minimum atomic E-state index is -0.413. The number of ketones is 1. The smallest absolute Gasteiger partial charge is 0.338 e. The van der Waals surface area contributed by atoms with Crippen LogP contribution in [0.5, 0.6) is 0 Å². The Hall–Kier alpha value is -3.00. The zero-order chi connectivity index (χ0) is 23.4. The van der Waals surface area contributed by atoms with Crippen molar-refractivity contribution < 1.29 is 23.9 Å². The quantitative estimate of drug-likeness (QED) is 0.393. The van der Waals surface area contributed by atoms with Gasteiger partial charge in [-0.1, -0.05) is 12.1 Å². The summed E-state index contributed by atoms with van der Waals surface area (Å²) in [6, 6.07) is 6.47. The third kappa shape index (κ3) is 5.00. The standard InChI is InChI=1S/C25H31N3O5/c1-3-28-22-20(15-25(16-26-23(22)30)10-13-32-14-11-25)21(27-28)5-4-12-33-24(31)19-8-6-18(7-9-19)17(2)29/h6-9H,3-5,10-16H2,1-2H3,(H,26,30). The molecule has 176 valence electrons. The Morgan fingerprint density at radius 2 is 1.88 bits per heavy atom. The van der Waals surface area contributed by atoms with E-state index in [1.807, 2.05) is 6.92 Å². The number of nitrogens with one attached hydrogen (secondary N) is 1. The first kappa shape index (κ1) is 23.2. The van der Waals surface area contributed by atoms with Crippen molar-refractivity contribution in [3.63, 3.8) is 0 Å². The van der Waals surface area contributed by atoms with Gasteiger partial charge in [0.2, 0.25) is 0 Å². The van der Waals surface area contributed by atoms with E-state index in [4.69, 9.17) is 14.6 Å². The van der Waals surface area contributed by atoms with Gasteiger partial charge < -0.3 is 14.8 Å². The molecule has 1 aromatic heterocycles. The number of Topliss-reactive ketones (excluding diaryl/α,β-unsaturated/α-hetero) is 1. The van der Waals surface area contributed by atoms with Crippen molar-refractivity contribution in [2.45, 2.75) is 52.5 Å². The van der Waals surface area contributed by atoms with Gasteiger partial charge in [0.05, 0.1) is 17.9 Å². The molecule has 0 bridgehead atoms. The Bertz CT molecular complexity index is 1040. The Kier molecular flexibility index (Phi) is 6.93. The second-order valence-electron chi connectivity index (χ2n) is 8.93. The van der Waals surface area contributed by atoms with Crippen molar-refractivity contribution in [1.29, 1.82) is 0 Å². The predicted octanol–water partition coefficient (Wildman–Crippen LogP) is 2.98. The summed E-state index contributed by atoms with van der Waals surface area (Å²) in [5.41, 5.74) is 3.59. The van der Waals surface area contributed by atoms with Gasteiger partial charge in [0.1, 0.15) is 5.69 Å². The lowest BCUT2D eigenvalue weighted by atomic mass is 9.75. The number of rotatable bonds is 7. The Labute approximate surface area is 193 Å². The number of benzene rings is 1. The topological polar surface area (TPSA) is 99.5 Å². The first-order chi connectivity index (χ1) is 15.9. The van der Waals surface area contributed by atoms with Crippen LogP contribution >= 0.6 is 0 Å². The molecule has 2 aliphatic heterocycles. The number of carbonyl (C=O) groups is 3. The number of aromatic nitrogens is 2. The van der Waals surface area contributed by atoms with E-state index in [2.05, 4.69) is 5.32 Å². The minimum absolute atomic E-state index is 0.00795. The van der Waals surface area contributed by atoms with Gasteiger partial charge >= 0.3 is 5.97 Å². The Morgan fingerprint density at radius 3 is 2.55 bits per heavy atom. The van der Waals surface area contributed by atoms with E-state index in [0.717, 1.165) is 30.5 Å². The molecule has 2 aliphatic rings. The van der Waals surface area contributed by atoms with Crippen LogP contribution in [0.4, 0.5) is 0 Å². The minimum Gasteiger partial charge on any atom is -0.462 e. The number of ether oxygens (including phenoxy) is 2. The van der Waals surface area contributed by atoms with Gasteiger partial charge in [-0.05, 0) is 63.5 Å². The van der Waals surface area contributed by atoms with Crippen LogP contribution in [0.1, 0.15) is 75.6 Å². The number of amides is 1. The summed E-state index contributed by atoms with van der Waals surface area (Å²) in [4.78, 5) is 36.6. The number of fused-ring (bicyclic) bond motifs is 1. The van der Waals surface area contributed by atoms with Crippen LogP contribution in [-0.2, 0) is 28.9 Å². The highest BCUT2D eigenvalue weighted by molar-refractivity contribution is 5.96. The van der Waals surface area contributed by atoms with Crippen LogP contribution in [-0.4, -0.2) is 53.8 Å². The molecule has 1 N–H and O–H groups in total. The van der Waals surface area contributed by atoms with Gasteiger partial charge in [-0.3, -0.25) is 14.3 Å². The first-order valence-corrected chi connectivity index (χ1v) is 11.6. The molecule has 33 heavy (non-hydrogen) atoms. The monoisotopic (exact) mass is 453 g/mol. The second-order valence-corrected chi connectivity index (χ2v) is 8.93. The van der Waals surface area contributed by atoms with E-state index >= 15 is 0 Å². The average molecular weight is 454 g/mol. The van der Waals surface area contributed by atoms with Crippen LogP contribution in [0.15, 0.2) is 24.3 Å². The van der Waals surface area contributed by atoms with Crippen molar-refractivity contribution >= 4 is 17.7 Å². The van der Waals surface area contributed by atoms with Crippen molar-refractivity contribution in [2.75, 3.05) is 26.4 Å². The van der Waals surface area contributed by atoms with E-state index < -0.39 is 5.97 Å². The molecule has 1 saturated heterocycles. The summed E-state index contributed by atoms with van der Waals surface area (Å²) < 4.78 is 12.8. The first-order valence-electron chi connectivity index (χ1n) is 11.6. The van der Waals surface area contributed by atoms with Gasteiger partial charge in [-0.25, -0.2) is 4.79 Å². The van der Waals surface area contributed by atoms with Crippen LogP contribution < -0.4 is 5.32 Å². The summed E-state index contributed by atoms with van der Waals surface area (Å²) in [6.45, 7) is 6.44. The van der Waals surface area contributed by atoms with E-state index in [0.29, 0.717) is 56.0 Å². The molecule has 0 radical (unpaired) electrons. The van der Waals surface area contributed by atoms with Gasteiger partial charge in [0.15, 0.2) is 5.78 Å². The van der Waals surface area contributed by atoms with Gasteiger partial charge in [0, 0.05) is 37.4 Å². The van der Waals surface area contributed by atoms with Crippen LogP contribution in [0, 0.1) is 5.41 Å². The molecule has 0 unspecified atom stereocenters. The second kappa shape index (κ2) is 9.87. The van der Waals surface area contributed by atoms with Crippen molar-refractivity contribution in [2.24, 2.45) is 5.41 Å². The lowest BCUT2D eigenvalue weighted by Gasteiger charge is -2.36. The number of hydrogen-bond acceptors (Lipinski definition) is 6. The van der Waals surface area contributed by atoms with Gasteiger partial charge in [-0.2, -0.15) is 5.10 Å². The molecule has 1 fully saturated rings. The largest absolute Gasteiger partial charge is 0.462 e. The van der Waals surface area contributed by atoms with E-state index in [1.165, 1.54) is 6.92 Å². The predicted molar refractivity (Wildman–Crippen MR) is 121 cm³/mol. The fourth-order valence-corrected chi connectivity index (χ4v) is 4.69.